The summed E-state index contributed by atoms with van der Waals surface area (Å²) in [4.78, 5) is 91.2. The fraction of sp³-hybridized carbons (Fsp3) is 0.415. The van der Waals surface area contributed by atoms with Crippen molar-refractivity contribution >= 4 is 52.8 Å². The highest BCUT2D eigenvalue weighted by molar-refractivity contribution is 6.25. The topological polar surface area (TPSA) is 226 Å². The number of hydrogen-bond acceptors (Lipinski definition) is 14. The van der Waals surface area contributed by atoms with Gasteiger partial charge in [-0.2, -0.15) is 0 Å². The molecule has 1 fully saturated rings. The van der Waals surface area contributed by atoms with E-state index in [4.69, 9.17) is 14.7 Å². The number of aromatic nitrogens is 5. The number of nitrogens with one attached hydrogen (secondary N) is 4. The first-order valence-corrected chi connectivity index (χ1v) is 20.0. The third-order valence-electron chi connectivity index (χ3n) is 10.7. The second kappa shape index (κ2) is 18.1. The van der Waals surface area contributed by atoms with Crippen molar-refractivity contribution in [3.05, 3.63) is 76.7 Å². The summed E-state index contributed by atoms with van der Waals surface area (Å²) in [5.41, 5.74) is 3.52. The number of nitrogens with zero attached hydrogens (tertiary/aromatic N) is 8. The van der Waals surface area contributed by atoms with Crippen LogP contribution in [0.25, 0.3) is 11.5 Å². The zero-order valence-corrected chi connectivity index (χ0v) is 34.0. The minimum Gasteiger partial charge on any atom is -0.382 e. The Balaban J connectivity index is 0.865. The van der Waals surface area contributed by atoms with Crippen molar-refractivity contribution in [1.82, 2.24) is 45.6 Å². The van der Waals surface area contributed by atoms with Gasteiger partial charge in [-0.05, 0) is 57.5 Å². The normalized spacial score (nSPS) is 16.1. The van der Waals surface area contributed by atoms with Gasteiger partial charge >= 0.3 is 0 Å². The molecule has 0 radical (unpaired) electrons. The van der Waals surface area contributed by atoms with Crippen molar-refractivity contribution < 1.29 is 33.5 Å². The third-order valence-corrected chi connectivity index (χ3v) is 10.7. The SMILES string of the molecule is CCn1cnnc1-c1cccc(N2Cc3c(cc(N(C)C(C)C)nc3CNCCNC(=O)CCOCCNc3cccc4c3C(=O)N(C3CCC(=O)NC3=O)C4=O)C2=O)n1. The third kappa shape index (κ3) is 8.57. The van der Waals surface area contributed by atoms with E-state index in [1.54, 1.807) is 29.4 Å². The molecule has 0 saturated carbocycles. The largest absolute Gasteiger partial charge is 0.382 e. The number of hydrogen-bond donors (Lipinski definition) is 4. The van der Waals surface area contributed by atoms with Crippen LogP contribution in [0.4, 0.5) is 17.3 Å². The summed E-state index contributed by atoms with van der Waals surface area (Å²) in [6.07, 6.45) is 1.90. The summed E-state index contributed by atoms with van der Waals surface area (Å²) in [5, 5.41) is 19.8. The average Bonchev–Trinajstić information content (AvgIpc) is 3.93. The Hall–Kier alpha value is -6.60. The maximum Gasteiger partial charge on any atom is 0.264 e. The minimum atomic E-state index is -1.05. The Labute approximate surface area is 346 Å². The highest BCUT2D eigenvalue weighted by Gasteiger charge is 2.45. The van der Waals surface area contributed by atoms with Crippen LogP contribution in [0.1, 0.15) is 82.4 Å². The summed E-state index contributed by atoms with van der Waals surface area (Å²) in [6, 6.07) is 11.3. The minimum absolute atomic E-state index is 0.0400. The van der Waals surface area contributed by atoms with E-state index in [9.17, 15) is 28.8 Å². The molecule has 0 spiro atoms. The second-order valence-corrected chi connectivity index (χ2v) is 14.9. The summed E-state index contributed by atoms with van der Waals surface area (Å²) in [6.45, 7) is 8.98. The zero-order valence-electron chi connectivity index (χ0n) is 34.0. The van der Waals surface area contributed by atoms with Gasteiger partial charge in [-0.25, -0.2) is 9.97 Å². The fourth-order valence-electron chi connectivity index (χ4n) is 7.28. The molecule has 6 amide bonds. The lowest BCUT2D eigenvalue weighted by molar-refractivity contribution is -0.136. The Morgan fingerprint density at radius 3 is 2.58 bits per heavy atom. The molecule has 4 N–H and O–H groups in total. The average molecular weight is 821 g/mol. The quantitative estimate of drug-likeness (QED) is 0.0831. The number of carbonyl (C=O) groups excluding carboxylic acids is 6. The van der Waals surface area contributed by atoms with Crippen LogP contribution in [-0.4, -0.2) is 117 Å². The van der Waals surface area contributed by atoms with E-state index in [0.29, 0.717) is 73.7 Å². The number of pyridine rings is 2. The van der Waals surface area contributed by atoms with Gasteiger partial charge < -0.3 is 30.2 Å². The molecule has 19 heteroatoms. The summed E-state index contributed by atoms with van der Waals surface area (Å²) in [7, 11) is 1.94. The molecule has 3 aliphatic heterocycles. The van der Waals surface area contributed by atoms with Crippen LogP contribution in [0.3, 0.4) is 0 Å². The number of benzene rings is 1. The van der Waals surface area contributed by atoms with Gasteiger partial charge in [0.25, 0.3) is 17.7 Å². The number of fused-ring (bicyclic) bond motifs is 2. The van der Waals surface area contributed by atoms with E-state index in [2.05, 4.69) is 45.3 Å². The number of rotatable bonds is 18. The smallest absolute Gasteiger partial charge is 0.264 e. The monoisotopic (exact) mass is 820 g/mol. The first-order valence-electron chi connectivity index (χ1n) is 20.0. The number of piperidine rings is 1. The second-order valence-electron chi connectivity index (χ2n) is 14.9. The number of aryl methyl sites for hydroxylation is 1. The molecule has 19 nitrogen and oxygen atoms in total. The molecule has 3 aliphatic rings. The number of carbonyl (C=O) groups is 6. The molecular weight excluding hydrogens is 773 g/mol. The van der Waals surface area contributed by atoms with Crippen LogP contribution in [0.5, 0.6) is 0 Å². The van der Waals surface area contributed by atoms with E-state index in [1.165, 1.54) is 6.07 Å². The lowest BCUT2D eigenvalue weighted by atomic mass is 10.0. The van der Waals surface area contributed by atoms with Crippen LogP contribution in [0.2, 0.25) is 0 Å². The molecule has 314 valence electrons. The molecule has 1 aromatic carbocycles. The van der Waals surface area contributed by atoms with Crippen molar-refractivity contribution in [3.8, 4) is 11.5 Å². The van der Waals surface area contributed by atoms with Gasteiger partial charge in [-0.1, -0.05) is 12.1 Å². The number of imide groups is 2. The number of amides is 6. The summed E-state index contributed by atoms with van der Waals surface area (Å²) >= 11 is 0. The summed E-state index contributed by atoms with van der Waals surface area (Å²) in [5.74, 6) is -0.809. The Kier molecular flexibility index (Phi) is 12.6. The first kappa shape index (κ1) is 41.6. The van der Waals surface area contributed by atoms with Gasteiger partial charge in [0.15, 0.2) is 5.82 Å². The van der Waals surface area contributed by atoms with Crippen molar-refractivity contribution in [2.45, 2.75) is 71.8 Å². The van der Waals surface area contributed by atoms with Gasteiger partial charge in [0, 0.05) is 69.9 Å². The number of anilines is 3. The van der Waals surface area contributed by atoms with Crippen LogP contribution < -0.4 is 31.1 Å². The molecule has 0 aliphatic carbocycles. The van der Waals surface area contributed by atoms with Gasteiger partial charge in [-0.3, -0.25) is 43.9 Å². The Morgan fingerprint density at radius 1 is 0.983 bits per heavy atom. The van der Waals surface area contributed by atoms with E-state index < -0.39 is 29.7 Å². The van der Waals surface area contributed by atoms with Crippen LogP contribution in [0, 0.1) is 0 Å². The maximum absolute atomic E-state index is 13.9. The molecule has 1 atom stereocenters. The molecule has 4 aromatic rings. The highest BCUT2D eigenvalue weighted by atomic mass is 16.5. The molecule has 60 heavy (non-hydrogen) atoms. The Bertz CT molecular complexity index is 2330. The van der Waals surface area contributed by atoms with E-state index in [1.807, 2.05) is 41.6 Å². The van der Waals surface area contributed by atoms with Crippen LogP contribution in [-0.2, 0) is 38.8 Å². The molecule has 1 saturated heterocycles. The Morgan fingerprint density at radius 2 is 1.80 bits per heavy atom. The molecule has 3 aromatic heterocycles. The van der Waals surface area contributed by atoms with E-state index >= 15 is 0 Å². The molecule has 6 heterocycles. The summed E-state index contributed by atoms with van der Waals surface area (Å²) < 4.78 is 7.54. The zero-order chi connectivity index (χ0) is 42.5. The van der Waals surface area contributed by atoms with Crippen molar-refractivity contribution in [1.29, 1.82) is 0 Å². The van der Waals surface area contributed by atoms with Crippen molar-refractivity contribution in [2.24, 2.45) is 0 Å². The lowest BCUT2D eigenvalue weighted by Gasteiger charge is -2.27. The van der Waals surface area contributed by atoms with Crippen molar-refractivity contribution in [3.63, 3.8) is 0 Å². The molecule has 1 unspecified atom stereocenters. The van der Waals surface area contributed by atoms with E-state index in [0.717, 1.165) is 16.2 Å². The van der Waals surface area contributed by atoms with Crippen LogP contribution >= 0.6 is 0 Å². The first-order chi connectivity index (χ1) is 29.0. The number of ether oxygens (including phenoxy) is 1. The van der Waals surface area contributed by atoms with Crippen molar-refractivity contribution in [2.75, 3.05) is 55.0 Å². The van der Waals surface area contributed by atoms with Gasteiger partial charge in [0.1, 0.15) is 29.7 Å². The highest BCUT2D eigenvalue weighted by Crippen LogP contribution is 2.34. The lowest BCUT2D eigenvalue weighted by Crippen LogP contribution is -2.54. The van der Waals surface area contributed by atoms with Gasteiger partial charge in [0.05, 0.1) is 42.1 Å². The predicted molar refractivity (Wildman–Crippen MR) is 219 cm³/mol. The van der Waals surface area contributed by atoms with Gasteiger partial charge in [0.2, 0.25) is 17.7 Å². The molecule has 7 rings (SSSR count). The molecule has 0 bridgehead atoms. The van der Waals surface area contributed by atoms with Crippen LogP contribution in [0.15, 0.2) is 48.8 Å². The predicted octanol–water partition coefficient (Wildman–Crippen LogP) is 1.89. The fourth-order valence-corrected chi connectivity index (χ4v) is 7.28. The maximum atomic E-state index is 13.9. The standard InChI is InChI=1S/C41H48N12O7/c1-5-51-23-45-49-37(51)29-10-7-11-32(46-29)52-22-27-26(39(52)57)20-33(50(4)24(2)3)47-30(27)21-42-15-16-44-34(54)14-18-60-19-17-43-28-9-6-8-25-36(28)41(59)53(40(25)58)31-12-13-35(55)48-38(31)56/h6-11,20,23-24,31,42-43H,5,12-19,21-22H2,1-4H3,(H,44,54)(H,48,55,56). The molecular formula is C41H48N12O7. The van der Waals surface area contributed by atoms with E-state index in [-0.39, 0.29) is 61.5 Å². The van der Waals surface area contributed by atoms with Gasteiger partial charge in [-0.15, -0.1) is 10.2 Å².